The summed E-state index contributed by atoms with van der Waals surface area (Å²) >= 11 is 0. The first-order chi connectivity index (χ1) is 13.1. The van der Waals surface area contributed by atoms with Crippen LogP contribution in [0.4, 0.5) is 4.39 Å². The second-order valence-electron chi connectivity index (χ2n) is 5.61. The molecule has 0 atom stereocenters. The van der Waals surface area contributed by atoms with Crippen molar-refractivity contribution in [2.75, 3.05) is 20.8 Å². The number of benzene rings is 2. The van der Waals surface area contributed by atoms with Crippen LogP contribution < -0.4 is 14.8 Å². The molecule has 27 heavy (non-hydrogen) atoms. The topological polar surface area (TPSA) is 91.2 Å². The van der Waals surface area contributed by atoms with Crippen LogP contribution in [0, 0.1) is 5.82 Å². The molecule has 1 aromatic heterocycles. The van der Waals surface area contributed by atoms with Gasteiger partial charge in [0.15, 0.2) is 11.5 Å². The molecular weight excluding hydrogens is 353 g/mol. The normalized spacial score (nSPS) is 10.5. The van der Waals surface area contributed by atoms with E-state index in [0.29, 0.717) is 24.5 Å². The number of nitrogens with one attached hydrogen (secondary N) is 1. The van der Waals surface area contributed by atoms with Gasteiger partial charge in [-0.05, 0) is 46.7 Å². The molecule has 3 aromatic rings. The van der Waals surface area contributed by atoms with Crippen molar-refractivity contribution in [3.05, 3.63) is 59.7 Å². The molecular formula is C18H18FN5O3. The molecule has 0 unspecified atom stereocenters. The Morgan fingerprint density at radius 3 is 2.67 bits per heavy atom. The molecule has 0 aliphatic carbocycles. The molecule has 1 N–H and O–H groups in total. The molecule has 140 valence electrons. The zero-order chi connectivity index (χ0) is 19.2. The number of methoxy groups -OCH3 is 2. The maximum Gasteiger partial charge on any atom is 0.253 e. The largest absolute Gasteiger partial charge is 0.493 e. The molecule has 8 nitrogen and oxygen atoms in total. The predicted octanol–water partition coefficient (Wildman–Crippen LogP) is 1.79. The van der Waals surface area contributed by atoms with Crippen LogP contribution in [0.5, 0.6) is 11.5 Å². The quantitative estimate of drug-likeness (QED) is 0.681. The molecule has 0 aliphatic rings. The van der Waals surface area contributed by atoms with Crippen molar-refractivity contribution >= 4 is 5.91 Å². The van der Waals surface area contributed by atoms with Gasteiger partial charge in [0.25, 0.3) is 5.91 Å². The standard InChI is InChI=1S/C18H18FN5O3/c1-26-16-6-3-12(9-17(16)27-2)7-8-20-18(25)14-5-4-13(19)10-15(14)24-11-21-22-23-24/h3-6,9-11H,7-8H2,1-2H3,(H,20,25). The van der Waals surface area contributed by atoms with Gasteiger partial charge in [-0.15, -0.1) is 5.10 Å². The van der Waals surface area contributed by atoms with Gasteiger partial charge in [-0.25, -0.2) is 4.39 Å². The van der Waals surface area contributed by atoms with Crippen LogP contribution in [0.15, 0.2) is 42.7 Å². The van der Waals surface area contributed by atoms with E-state index in [0.717, 1.165) is 5.56 Å². The lowest BCUT2D eigenvalue weighted by Crippen LogP contribution is -2.27. The molecule has 2 aromatic carbocycles. The summed E-state index contributed by atoms with van der Waals surface area (Å²) in [7, 11) is 3.14. The summed E-state index contributed by atoms with van der Waals surface area (Å²) in [6.45, 7) is 0.390. The fourth-order valence-electron chi connectivity index (χ4n) is 2.61. The number of halogens is 1. The smallest absolute Gasteiger partial charge is 0.253 e. The third-order valence-electron chi connectivity index (χ3n) is 3.95. The Hall–Kier alpha value is -3.49. The van der Waals surface area contributed by atoms with Crippen LogP contribution >= 0.6 is 0 Å². The van der Waals surface area contributed by atoms with Crippen molar-refractivity contribution in [1.82, 2.24) is 25.5 Å². The van der Waals surface area contributed by atoms with Crippen LogP contribution in [0.2, 0.25) is 0 Å². The van der Waals surface area contributed by atoms with E-state index in [4.69, 9.17) is 9.47 Å². The lowest BCUT2D eigenvalue weighted by molar-refractivity contribution is 0.0954. The number of hydrogen-bond donors (Lipinski definition) is 1. The first-order valence-electron chi connectivity index (χ1n) is 8.14. The van der Waals surface area contributed by atoms with Crippen LogP contribution in [0.1, 0.15) is 15.9 Å². The van der Waals surface area contributed by atoms with Gasteiger partial charge in [0.1, 0.15) is 12.1 Å². The average Bonchev–Trinajstić information content (AvgIpc) is 3.22. The highest BCUT2D eigenvalue weighted by Gasteiger charge is 2.15. The molecule has 0 spiro atoms. The summed E-state index contributed by atoms with van der Waals surface area (Å²) in [5.74, 6) is 0.437. The van der Waals surface area contributed by atoms with Crippen molar-refractivity contribution in [2.45, 2.75) is 6.42 Å². The first-order valence-corrected chi connectivity index (χ1v) is 8.14. The van der Waals surface area contributed by atoms with Crippen molar-refractivity contribution in [3.63, 3.8) is 0 Å². The SMILES string of the molecule is COc1ccc(CCNC(=O)c2ccc(F)cc2-n2cnnn2)cc1OC. The van der Waals surface area contributed by atoms with Crippen molar-refractivity contribution < 1.29 is 18.7 Å². The van der Waals surface area contributed by atoms with E-state index < -0.39 is 5.82 Å². The van der Waals surface area contributed by atoms with E-state index in [-0.39, 0.29) is 17.2 Å². The molecule has 0 bridgehead atoms. The summed E-state index contributed by atoms with van der Waals surface area (Å²) in [4.78, 5) is 12.5. The molecule has 0 saturated carbocycles. The van der Waals surface area contributed by atoms with Crippen LogP contribution in [0.25, 0.3) is 5.69 Å². The van der Waals surface area contributed by atoms with Gasteiger partial charge in [-0.1, -0.05) is 6.07 Å². The summed E-state index contributed by atoms with van der Waals surface area (Å²) in [6, 6.07) is 9.40. The third kappa shape index (κ3) is 4.20. The fourth-order valence-corrected chi connectivity index (χ4v) is 2.61. The highest BCUT2D eigenvalue weighted by molar-refractivity contribution is 5.97. The number of tetrazole rings is 1. The van der Waals surface area contributed by atoms with Crippen LogP contribution in [-0.4, -0.2) is 46.9 Å². The summed E-state index contributed by atoms with van der Waals surface area (Å²) in [5, 5.41) is 13.6. The molecule has 0 aliphatic heterocycles. The zero-order valence-corrected chi connectivity index (χ0v) is 14.8. The van der Waals surface area contributed by atoms with E-state index >= 15 is 0 Å². The van der Waals surface area contributed by atoms with Crippen molar-refractivity contribution in [3.8, 4) is 17.2 Å². The summed E-state index contributed by atoms with van der Waals surface area (Å²) < 4.78 is 25.3. The van der Waals surface area contributed by atoms with Gasteiger partial charge in [-0.3, -0.25) is 4.79 Å². The Labute approximate surface area is 154 Å². The number of hydrogen-bond acceptors (Lipinski definition) is 6. The minimum Gasteiger partial charge on any atom is -0.493 e. The monoisotopic (exact) mass is 371 g/mol. The van der Waals surface area contributed by atoms with Gasteiger partial charge >= 0.3 is 0 Å². The lowest BCUT2D eigenvalue weighted by Gasteiger charge is -2.11. The summed E-state index contributed by atoms with van der Waals surface area (Å²) in [5.41, 5.74) is 1.52. The predicted molar refractivity (Wildman–Crippen MR) is 94.7 cm³/mol. The molecule has 1 heterocycles. The Balaban J connectivity index is 1.69. The second kappa shape index (κ2) is 8.26. The van der Waals surface area contributed by atoms with Crippen molar-refractivity contribution in [1.29, 1.82) is 0 Å². The number of carbonyl (C=O) groups is 1. The van der Waals surface area contributed by atoms with Gasteiger partial charge < -0.3 is 14.8 Å². The molecule has 0 radical (unpaired) electrons. The van der Waals surface area contributed by atoms with E-state index in [1.54, 1.807) is 14.2 Å². The maximum absolute atomic E-state index is 13.6. The minimum atomic E-state index is -0.484. The number of amides is 1. The van der Waals surface area contributed by atoms with Crippen LogP contribution in [0.3, 0.4) is 0 Å². The molecule has 0 saturated heterocycles. The van der Waals surface area contributed by atoms with E-state index in [9.17, 15) is 9.18 Å². The minimum absolute atomic E-state index is 0.267. The third-order valence-corrected chi connectivity index (χ3v) is 3.95. The molecule has 0 fully saturated rings. The highest BCUT2D eigenvalue weighted by atomic mass is 19.1. The molecule has 9 heteroatoms. The average molecular weight is 371 g/mol. The van der Waals surface area contributed by atoms with Crippen molar-refractivity contribution in [2.24, 2.45) is 0 Å². The number of carbonyl (C=O) groups excluding carboxylic acids is 1. The molecule has 3 rings (SSSR count). The Morgan fingerprint density at radius 1 is 1.15 bits per heavy atom. The fraction of sp³-hybridized carbons (Fsp3) is 0.222. The van der Waals surface area contributed by atoms with E-state index in [2.05, 4.69) is 20.8 Å². The van der Waals surface area contributed by atoms with Gasteiger partial charge in [-0.2, -0.15) is 4.68 Å². The van der Waals surface area contributed by atoms with E-state index in [1.165, 1.54) is 29.2 Å². The highest BCUT2D eigenvalue weighted by Crippen LogP contribution is 2.27. The van der Waals surface area contributed by atoms with Gasteiger partial charge in [0, 0.05) is 12.6 Å². The number of nitrogens with zero attached hydrogens (tertiary/aromatic N) is 4. The Morgan fingerprint density at radius 2 is 1.96 bits per heavy atom. The molecule has 1 amide bonds. The number of ether oxygens (including phenoxy) is 2. The van der Waals surface area contributed by atoms with Gasteiger partial charge in [0.05, 0.1) is 25.5 Å². The van der Waals surface area contributed by atoms with E-state index in [1.807, 2.05) is 18.2 Å². The number of rotatable bonds is 7. The lowest BCUT2D eigenvalue weighted by atomic mass is 10.1. The zero-order valence-electron chi connectivity index (χ0n) is 14.8. The van der Waals surface area contributed by atoms with Gasteiger partial charge in [0.2, 0.25) is 0 Å². The number of aromatic nitrogens is 4. The second-order valence-corrected chi connectivity index (χ2v) is 5.61. The maximum atomic E-state index is 13.6. The van der Waals surface area contributed by atoms with Crippen LogP contribution in [-0.2, 0) is 6.42 Å². The Bertz CT molecular complexity index is 931. The Kier molecular flexibility index (Phi) is 5.60. The first kappa shape index (κ1) is 18.3. The summed E-state index contributed by atoms with van der Waals surface area (Å²) in [6.07, 6.45) is 1.89.